The molecule has 0 aliphatic carbocycles. The number of nitrogens with two attached hydrogens (primary N) is 1. The van der Waals surface area contributed by atoms with E-state index in [0.717, 1.165) is 16.5 Å². The van der Waals surface area contributed by atoms with Crippen LogP contribution in [0.1, 0.15) is 24.1 Å². The van der Waals surface area contributed by atoms with Gasteiger partial charge in [0, 0.05) is 4.47 Å². The summed E-state index contributed by atoms with van der Waals surface area (Å²) in [5.74, 6) is 0. The van der Waals surface area contributed by atoms with Crippen molar-refractivity contribution < 1.29 is 5.11 Å². The smallest absolute Gasteiger partial charge is 0.0624 e. The molecule has 0 aromatic heterocycles. The summed E-state index contributed by atoms with van der Waals surface area (Å²) in [6.07, 6.45) is 0.941. The lowest BCUT2D eigenvalue weighted by Crippen LogP contribution is -2.16. The van der Waals surface area contributed by atoms with Crippen LogP contribution < -0.4 is 5.73 Å². The van der Waals surface area contributed by atoms with E-state index < -0.39 is 0 Å². The summed E-state index contributed by atoms with van der Waals surface area (Å²) in [5, 5.41) is 8.96. The monoisotopic (exact) mass is 243 g/mol. The molecule has 1 aromatic carbocycles. The van der Waals surface area contributed by atoms with E-state index in [1.54, 1.807) is 0 Å². The summed E-state index contributed by atoms with van der Waals surface area (Å²) in [7, 11) is 0. The fourth-order valence-electron chi connectivity index (χ4n) is 1.33. The van der Waals surface area contributed by atoms with Gasteiger partial charge in [0.05, 0.1) is 12.6 Å². The molecule has 2 nitrogen and oxygen atoms in total. The topological polar surface area (TPSA) is 46.2 Å². The Hall–Kier alpha value is -0.380. The fourth-order valence-corrected chi connectivity index (χ4v) is 1.71. The Morgan fingerprint density at radius 3 is 2.77 bits per heavy atom. The number of benzene rings is 1. The maximum Gasteiger partial charge on any atom is 0.0624 e. The second-order valence-electron chi connectivity index (χ2n) is 2.99. The molecular weight excluding hydrogens is 230 g/mol. The van der Waals surface area contributed by atoms with Crippen molar-refractivity contribution in [3.05, 3.63) is 33.8 Å². The van der Waals surface area contributed by atoms with Crippen molar-refractivity contribution in [3.63, 3.8) is 0 Å². The molecule has 0 heterocycles. The van der Waals surface area contributed by atoms with Crippen LogP contribution in [0.3, 0.4) is 0 Å². The molecule has 1 rings (SSSR count). The highest BCUT2D eigenvalue weighted by atomic mass is 79.9. The lowest BCUT2D eigenvalue weighted by molar-refractivity contribution is 0.267. The normalized spacial score (nSPS) is 12.9. The van der Waals surface area contributed by atoms with Crippen LogP contribution in [0.15, 0.2) is 22.7 Å². The molecule has 0 saturated heterocycles. The summed E-state index contributed by atoms with van der Waals surface area (Å²) in [5.41, 5.74) is 7.99. The first-order chi connectivity index (χ1) is 6.19. The number of rotatable bonds is 3. The lowest BCUT2D eigenvalue weighted by atomic mass is 10.00. The molecule has 3 heteroatoms. The predicted molar refractivity (Wildman–Crippen MR) is 57.5 cm³/mol. The third-order valence-corrected chi connectivity index (χ3v) is 2.58. The standard InChI is InChI=1S/C10H14BrNO/c1-2-7-3-4-8(11)5-9(7)10(12)6-13/h3-5,10,13H,2,6,12H2,1H3/t10-/m1/s1. The average Bonchev–Trinajstić information content (AvgIpc) is 2.16. The van der Waals surface area contributed by atoms with E-state index in [4.69, 9.17) is 10.8 Å². The first kappa shape index (κ1) is 10.7. The largest absolute Gasteiger partial charge is 0.394 e. The number of hydrogen-bond donors (Lipinski definition) is 2. The molecule has 0 unspecified atom stereocenters. The van der Waals surface area contributed by atoms with Crippen molar-refractivity contribution in [2.75, 3.05) is 6.61 Å². The lowest BCUT2D eigenvalue weighted by Gasteiger charge is -2.13. The molecule has 72 valence electrons. The van der Waals surface area contributed by atoms with Crippen molar-refractivity contribution in [1.29, 1.82) is 0 Å². The van der Waals surface area contributed by atoms with Crippen molar-refractivity contribution in [2.45, 2.75) is 19.4 Å². The molecule has 1 aromatic rings. The zero-order valence-electron chi connectivity index (χ0n) is 7.63. The van der Waals surface area contributed by atoms with Crippen molar-refractivity contribution >= 4 is 15.9 Å². The Bertz CT molecular complexity index is 288. The van der Waals surface area contributed by atoms with Crippen LogP contribution in [0.25, 0.3) is 0 Å². The number of halogens is 1. The Labute approximate surface area is 86.9 Å². The highest BCUT2D eigenvalue weighted by molar-refractivity contribution is 9.10. The first-order valence-corrected chi connectivity index (χ1v) is 5.13. The minimum absolute atomic E-state index is 0.0105. The predicted octanol–water partition coefficient (Wildman–Crippen LogP) is 2.00. The first-order valence-electron chi connectivity index (χ1n) is 4.33. The maximum absolute atomic E-state index is 8.96. The number of hydrogen-bond acceptors (Lipinski definition) is 2. The molecule has 0 bridgehead atoms. The minimum Gasteiger partial charge on any atom is -0.394 e. The third kappa shape index (κ3) is 2.53. The summed E-state index contributed by atoms with van der Waals surface area (Å²) in [4.78, 5) is 0. The Balaban J connectivity index is 3.07. The molecule has 0 amide bonds. The average molecular weight is 244 g/mol. The van der Waals surface area contributed by atoms with Gasteiger partial charge < -0.3 is 10.8 Å². The van der Waals surface area contributed by atoms with Crippen LogP contribution in [0, 0.1) is 0 Å². The van der Waals surface area contributed by atoms with Gasteiger partial charge in [0.15, 0.2) is 0 Å². The molecule has 0 aliphatic rings. The van der Waals surface area contributed by atoms with E-state index in [1.165, 1.54) is 5.56 Å². The molecule has 0 spiro atoms. The van der Waals surface area contributed by atoms with Crippen molar-refractivity contribution in [1.82, 2.24) is 0 Å². The van der Waals surface area contributed by atoms with Crippen molar-refractivity contribution in [2.24, 2.45) is 5.73 Å². The third-order valence-electron chi connectivity index (χ3n) is 2.08. The second kappa shape index (κ2) is 4.74. The summed E-state index contributed by atoms with van der Waals surface area (Å²) >= 11 is 3.39. The van der Waals surface area contributed by atoms with Gasteiger partial charge in [-0.3, -0.25) is 0 Å². The quantitative estimate of drug-likeness (QED) is 0.854. The molecule has 13 heavy (non-hydrogen) atoms. The number of aliphatic hydroxyl groups is 1. The zero-order chi connectivity index (χ0) is 9.84. The van der Waals surface area contributed by atoms with Crippen LogP contribution in [-0.4, -0.2) is 11.7 Å². The molecule has 1 atom stereocenters. The molecule has 0 aliphatic heterocycles. The molecular formula is C10H14BrNO. The maximum atomic E-state index is 8.96. The van der Waals surface area contributed by atoms with Gasteiger partial charge in [-0.25, -0.2) is 0 Å². The van der Waals surface area contributed by atoms with E-state index in [2.05, 4.69) is 22.9 Å². The van der Waals surface area contributed by atoms with Gasteiger partial charge in [-0.2, -0.15) is 0 Å². The van der Waals surface area contributed by atoms with Gasteiger partial charge >= 0.3 is 0 Å². The summed E-state index contributed by atoms with van der Waals surface area (Å²) < 4.78 is 1.00. The number of aryl methyl sites for hydroxylation is 1. The Morgan fingerprint density at radius 1 is 1.54 bits per heavy atom. The van der Waals surface area contributed by atoms with Crippen molar-refractivity contribution in [3.8, 4) is 0 Å². The van der Waals surface area contributed by atoms with E-state index >= 15 is 0 Å². The summed E-state index contributed by atoms with van der Waals surface area (Å²) in [6, 6.07) is 5.73. The molecule has 3 N–H and O–H groups in total. The van der Waals surface area contributed by atoms with E-state index in [9.17, 15) is 0 Å². The summed E-state index contributed by atoms with van der Waals surface area (Å²) in [6.45, 7) is 2.07. The van der Waals surface area contributed by atoms with Gasteiger partial charge in [0.2, 0.25) is 0 Å². The Morgan fingerprint density at radius 2 is 2.23 bits per heavy atom. The SMILES string of the molecule is CCc1ccc(Br)cc1[C@H](N)CO. The van der Waals surface area contributed by atoms with Gasteiger partial charge in [-0.15, -0.1) is 0 Å². The minimum atomic E-state index is -0.271. The van der Waals surface area contributed by atoms with Crippen LogP contribution in [0.5, 0.6) is 0 Å². The zero-order valence-corrected chi connectivity index (χ0v) is 9.21. The van der Waals surface area contributed by atoms with Gasteiger partial charge in [-0.05, 0) is 29.7 Å². The van der Waals surface area contributed by atoms with Gasteiger partial charge in [0.25, 0.3) is 0 Å². The van der Waals surface area contributed by atoms with Gasteiger partial charge in [-0.1, -0.05) is 28.9 Å². The van der Waals surface area contributed by atoms with E-state index in [-0.39, 0.29) is 12.6 Å². The van der Waals surface area contributed by atoms with Gasteiger partial charge in [0.1, 0.15) is 0 Å². The fraction of sp³-hybridized carbons (Fsp3) is 0.400. The highest BCUT2D eigenvalue weighted by Gasteiger charge is 2.08. The van der Waals surface area contributed by atoms with E-state index in [1.807, 2.05) is 18.2 Å². The van der Waals surface area contributed by atoms with Crippen LogP contribution in [0.2, 0.25) is 0 Å². The van der Waals surface area contributed by atoms with E-state index in [0.29, 0.717) is 0 Å². The number of aliphatic hydroxyl groups excluding tert-OH is 1. The molecule has 0 fully saturated rings. The van der Waals surface area contributed by atoms with Crippen LogP contribution in [-0.2, 0) is 6.42 Å². The molecule has 0 saturated carbocycles. The Kier molecular flexibility index (Phi) is 3.90. The molecule has 0 radical (unpaired) electrons. The van der Waals surface area contributed by atoms with Crippen LogP contribution >= 0.6 is 15.9 Å². The van der Waals surface area contributed by atoms with Crippen LogP contribution in [0.4, 0.5) is 0 Å². The highest BCUT2D eigenvalue weighted by Crippen LogP contribution is 2.21. The second-order valence-corrected chi connectivity index (χ2v) is 3.90.